The Morgan fingerprint density at radius 3 is 1.47 bits per heavy atom. The molecule has 0 atom stereocenters. The van der Waals surface area contributed by atoms with Gasteiger partial charge in [-0.2, -0.15) is 0 Å². The standard InChI is InChI=1S/C10H26B2N2OSi2/c1-16(2,9-5-7-13-11)15-17(3,4)10-6-8-14-12/h13-14H,5-10H2,1-4H3. The Morgan fingerprint density at radius 2 is 1.18 bits per heavy atom. The maximum atomic E-state index is 6.46. The first-order valence-electron chi connectivity index (χ1n) is 6.40. The summed E-state index contributed by atoms with van der Waals surface area (Å²) in [5.74, 6) is 0. The molecule has 17 heavy (non-hydrogen) atoms. The number of hydrogen-bond acceptors (Lipinski definition) is 3. The van der Waals surface area contributed by atoms with Gasteiger partial charge in [0.1, 0.15) is 0 Å². The van der Waals surface area contributed by atoms with Crippen LogP contribution in [0.25, 0.3) is 0 Å². The van der Waals surface area contributed by atoms with E-state index in [0.717, 1.165) is 25.9 Å². The van der Waals surface area contributed by atoms with E-state index < -0.39 is 16.6 Å². The second kappa shape index (κ2) is 8.53. The highest BCUT2D eigenvalue weighted by molar-refractivity contribution is 6.84. The summed E-state index contributed by atoms with van der Waals surface area (Å²) in [6.07, 6.45) is 2.20. The molecule has 2 N–H and O–H groups in total. The highest BCUT2D eigenvalue weighted by Gasteiger charge is 2.31. The third kappa shape index (κ3) is 10.1. The maximum Gasteiger partial charge on any atom is 0.177 e. The minimum Gasteiger partial charge on any atom is -0.455 e. The summed E-state index contributed by atoms with van der Waals surface area (Å²) in [7, 11) is 7.52. The second-order valence-corrected chi connectivity index (χ2v) is 14.6. The highest BCUT2D eigenvalue weighted by atomic mass is 28.4. The van der Waals surface area contributed by atoms with Gasteiger partial charge in [0.2, 0.25) is 0 Å². The van der Waals surface area contributed by atoms with Gasteiger partial charge in [-0.05, 0) is 64.2 Å². The van der Waals surface area contributed by atoms with Gasteiger partial charge in [-0.25, -0.2) is 0 Å². The van der Waals surface area contributed by atoms with E-state index in [-0.39, 0.29) is 0 Å². The van der Waals surface area contributed by atoms with Crippen LogP contribution in [0.5, 0.6) is 0 Å². The summed E-state index contributed by atoms with van der Waals surface area (Å²) >= 11 is 0. The normalized spacial score (nSPS) is 12.9. The molecule has 3 nitrogen and oxygen atoms in total. The molecule has 0 aromatic carbocycles. The maximum absolute atomic E-state index is 6.46. The zero-order valence-electron chi connectivity index (χ0n) is 11.8. The monoisotopic (exact) mass is 268 g/mol. The van der Waals surface area contributed by atoms with E-state index in [1.807, 2.05) is 0 Å². The molecular formula is C10H26B2N2OSi2. The second-order valence-electron chi connectivity index (χ2n) is 5.74. The van der Waals surface area contributed by atoms with Crippen LogP contribution < -0.4 is 10.5 Å². The first-order chi connectivity index (χ1) is 7.83. The van der Waals surface area contributed by atoms with E-state index >= 15 is 0 Å². The van der Waals surface area contributed by atoms with Crippen molar-refractivity contribution in [1.29, 1.82) is 0 Å². The van der Waals surface area contributed by atoms with Crippen LogP contribution in [0.2, 0.25) is 38.3 Å². The van der Waals surface area contributed by atoms with Crippen LogP contribution in [0.3, 0.4) is 0 Å². The zero-order valence-corrected chi connectivity index (χ0v) is 13.8. The summed E-state index contributed by atoms with van der Waals surface area (Å²) in [5.41, 5.74) is 0. The lowest BCUT2D eigenvalue weighted by atomic mass is 10.4. The molecule has 96 valence electrons. The van der Waals surface area contributed by atoms with Gasteiger partial charge >= 0.3 is 0 Å². The van der Waals surface area contributed by atoms with Crippen molar-refractivity contribution in [1.82, 2.24) is 10.5 Å². The molecule has 0 aromatic rings. The van der Waals surface area contributed by atoms with Gasteiger partial charge in [0, 0.05) is 0 Å². The van der Waals surface area contributed by atoms with Crippen molar-refractivity contribution in [2.75, 3.05) is 13.1 Å². The van der Waals surface area contributed by atoms with Gasteiger partial charge in [0.05, 0.1) is 0 Å². The van der Waals surface area contributed by atoms with Crippen molar-refractivity contribution in [3.8, 4) is 0 Å². The Labute approximate surface area is 112 Å². The van der Waals surface area contributed by atoms with Crippen LogP contribution in [0, 0.1) is 0 Å². The molecule has 0 saturated heterocycles. The van der Waals surface area contributed by atoms with Crippen LogP contribution in [0.15, 0.2) is 0 Å². The molecule has 0 aliphatic heterocycles. The molecule has 0 aliphatic carbocycles. The lowest BCUT2D eigenvalue weighted by Crippen LogP contribution is -2.44. The minimum atomic E-state index is -1.52. The van der Waals surface area contributed by atoms with Gasteiger partial charge in [-0.15, -0.1) is 0 Å². The average molecular weight is 268 g/mol. The fraction of sp³-hybridized carbons (Fsp3) is 1.00. The van der Waals surface area contributed by atoms with Crippen molar-refractivity contribution < 1.29 is 4.12 Å². The van der Waals surface area contributed by atoms with Crippen molar-refractivity contribution in [2.45, 2.75) is 51.1 Å². The molecular weight excluding hydrogens is 242 g/mol. The van der Waals surface area contributed by atoms with Crippen LogP contribution >= 0.6 is 0 Å². The van der Waals surface area contributed by atoms with Gasteiger partial charge in [0.15, 0.2) is 32.6 Å². The summed E-state index contributed by atoms with van der Waals surface area (Å²) < 4.78 is 6.46. The molecule has 0 fully saturated rings. The van der Waals surface area contributed by atoms with Crippen molar-refractivity contribution in [3.05, 3.63) is 0 Å². The predicted octanol–water partition coefficient (Wildman–Crippen LogP) is 1.54. The van der Waals surface area contributed by atoms with Gasteiger partial charge < -0.3 is 14.6 Å². The van der Waals surface area contributed by atoms with Crippen LogP contribution in [-0.2, 0) is 4.12 Å². The Kier molecular flexibility index (Phi) is 8.75. The third-order valence-corrected chi connectivity index (χ3v) is 10.3. The number of hydrogen-bond donors (Lipinski definition) is 2. The van der Waals surface area contributed by atoms with E-state index in [1.54, 1.807) is 0 Å². The molecule has 0 rings (SSSR count). The van der Waals surface area contributed by atoms with Gasteiger partial charge in [-0.1, -0.05) is 0 Å². The molecule has 0 amide bonds. The molecule has 4 radical (unpaired) electrons. The number of nitrogens with one attached hydrogen (secondary N) is 2. The molecule has 0 saturated carbocycles. The lowest BCUT2D eigenvalue weighted by molar-refractivity contribution is 0.530. The Balaban J connectivity index is 3.99. The molecule has 0 heterocycles. The molecule has 0 aliphatic rings. The third-order valence-electron chi connectivity index (χ3n) is 2.75. The van der Waals surface area contributed by atoms with Crippen molar-refractivity contribution >= 4 is 32.6 Å². The fourth-order valence-corrected chi connectivity index (χ4v) is 10.9. The van der Waals surface area contributed by atoms with E-state index in [1.165, 1.54) is 12.1 Å². The minimum absolute atomic E-state index is 0.874. The fourth-order valence-electron chi connectivity index (χ4n) is 2.08. The lowest BCUT2D eigenvalue weighted by Gasteiger charge is -2.34. The van der Waals surface area contributed by atoms with Crippen molar-refractivity contribution in [3.63, 3.8) is 0 Å². The van der Waals surface area contributed by atoms with E-state index in [4.69, 9.17) is 20.1 Å². The average Bonchev–Trinajstić information content (AvgIpc) is 2.16. The highest BCUT2D eigenvalue weighted by Crippen LogP contribution is 2.23. The van der Waals surface area contributed by atoms with E-state index in [2.05, 4.69) is 36.6 Å². The van der Waals surface area contributed by atoms with Crippen molar-refractivity contribution in [2.24, 2.45) is 0 Å². The molecule has 0 bridgehead atoms. The zero-order chi connectivity index (χ0) is 13.4. The molecule has 7 heteroatoms. The first-order valence-corrected chi connectivity index (χ1v) is 12.6. The van der Waals surface area contributed by atoms with E-state index in [0.29, 0.717) is 0 Å². The largest absolute Gasteiger partial charge is 0.455 e. The smallest absolute Gasteiger partial charge is 0.177 e. The Morgan fingerprint density at radius 1 is 0.824 bits per heavy atom. The summed E-state index contributed by atoms with van der Waals surface area (Å²) in [6.45, 7) is 11.0. The van der Waals surface area contributed by atoms with Crippen LogP contribution in [-0.4, -0.2) is 45.7 Å². The van der Waals surface area contributed by atoms with Gasteiger partial charge in [-0.3, -0.25) is 0 Å². The molecule has 0 spiro atoms. The predicted molar refractivity (Wildman–Crippen MR) is 82.4 cm³/mol. The summed E-state index contributed by atoms with van der Waals surface area (Å²) in [6, 6.07) is 2.34. The van der Waals surface area contributed by atoms with Crippen LogP contribution in [0.1, 0.15) is 12.8 Å². The topological polar surface area (TPSA) is 33.3 Å². The summed E-state index contributed by atoms with van der Waals surface area (Å²) in [5, 5.41) is 5.40. The first kappa shape index (κ1) is 17.4. The van der Waals surface area contributed by atoms with Crippen LogP contribution in [0.4, 0.5) is 0 Å². The Bertz CT molecular complexity index is 187. The summed E-state index contributed by atoms with van der Waals surface area (Å²) in [4.78, 5) is 0. The number of rotatable bonds is 10. The van der Waals surface area contributed by atoms with Gasteiger partial charge in [0.25, 0.3) is 0 Å². The molecule has 0 aromatic heterocycles. The molecule has 0 unspecified atom stereocenters. The SMILES string of the molecule is [B]NCCC[Si](C)(C)O[Si](C)(C)CCCN[B]. The quantitative estimate of drug-likeness (QED) is 0.466. The Hall–Kier alpha value is 0.444. The van der Waals surface area contributed by atoms with E-state index in [9.17, 15) is 0 Å².